The molecule has 0 bridgehead atoms. The van der Waals surface area contributed by atoms with Crippen molar-refractivity contribution in [1.29, 1.82) is 0 Å². The van der Waals surface area contributed by atoms with E-state index in [0.29, 0.717) is 6.42 Å². The number of hydrogen-bond acceptors (Lipinski definition) is 3. The second-order valence-corrected chi connectivity index (χ2v) is 5.79. The molecule has 0 aromatic heterocycles. The molecule has 1 amide bonds. The Hall–Kier alpha value is -1.55. The van der Waals surface area contributed by atoms with E-state index in [2.05, 4.69) is 5.32 Å². The van der Waals surface area contributed by atoms with Crippen LogP contribution in [0.5, 0.6) is 0 Å². The number of nitrogen functional groups attached to an aromatic ring is 1. The minimum absolute atomic E-state index is 0.134. The third-order valence-corrected chi connectivity index (χ3v) is 4.30. The molecule has 0 radical (unpaired) electrons. The molecule has 1 aromatic carbocycles. The fourth-order valence-electron chi connectivity index (χ4n) is 3.22. The predicted molar refractivity (Wildman–Crippen MR) is 78.3 cm³/mol. The van der Waals surface area contributed by atoms with Gasteiger partial charge in [0.05, 0.1) is 12.1 Å². The lowest BCUT2D eigenvalue weighted by Gasteiger charge is -2.15. The number of hydrogen-bond donors (Lipinski definition) is 2. The quantitative estimate of drug-likeness (QED) is 0.828. The minimum atomic E-state index is 0.134. The SMILES string of the molecule is Nc1ccc2c(c1)CCC2NC(=O)CCC1CCCO1. The highest BCUT2D eigenvalue weighted by Crippen LogP contribution is 2.32. The molecular formula is C16H22N2O2. The third kappa shape index (κ3) is 2.96. The van der Waals surface area contributed by atoms with Gasteiger partial charge in [-0.15, -0.1) is 0 Å². The largest absolute Gasteiger partial charge is 0.399 e. The van der Waals surface area contributed by atoms with Gasteiger partial charge in [0.25, 0.3) is 0 Å². The fraction of sp³-hybridized carbons (Fsp3) is 0.562. The van der Waals surface area contributed by atoms with Crippen LogP contribution in [0.1, 0.15) is 49.3 Å². The van der Waals surface area contributed by atoms with Crippen LogP contribution in [0.3, 0.4) is 0 Å². The maximum Gasteiger partial charge on any atom is 0.220 e. The van der Waals surface area contributed by atoms with Crippen molar-refractivity contribution in [3.8, 4) is 0 Å². The summed E-state index contributed by atoms with van der Waals surface area (Å²) in [5.74, 6) is 0.134. The van der Waals surface area contributed by atoms with E-state index in [1.54, 1.807) is 0 Å². The Morgan fingerprint density at radius 3 is 3.10 bits per heavy atom. The van der Waals surface area contributed by atoms with E-state index in [1.165, 1.54) is 11.1 Å². The standard InChI is InChI=1S/C16H22N2O2/c17-12-4-6-14-11(10-12)3-7-15(14)18-16(19)8-5-13-2-1-9-20-13/h4,6,10,13,15H,1-3,5,7-9,17H2,(H,18,19). The van der Waals surface area contributed by atoms with Crippen molar-refractivity contribution in [2.45, 2.75) is 50.7 Å². The van der Waals surface area contributed by atoms with Gasteiger partial charge in [0.2, 0.25) is 5.91 Å². The van der Waals surface area contributed by atoms with E-state index in [0.717, 1.165) is 44.4 Å². The van der Waals surface area contributed by atoms with Gasteiger partial charge >= 0.3 is 0 Å². The normalized spacial score (nSPS) is 24.6. The Balaban J connectivity index is 1.52. The van der Waals surface area contributed by atoms with Gasteiger partial charge in [-0.1, -0.05) is 6.07 Å². The average Bonchev–Trinajstić information content (AvgIpc) is 3.06. The van der Waals surface area contributed by atoms with Crippen molar-refractivity contribution in [3.05, 3.63) is 29.3 Å². The van der Waals surface area contributed by atoms with Gasteiger partial charge in [-0.2, -0.15) is 0 Å². The number of aryl methyl sites for hydroxylation is 1. The number of benzene rings is 1. The summed E-state index contributed by atoms with van der Waals surface area (Å²) >= 11 is 0. The summed E-state index contributed by atoms with van der Waals surface area (Å²) in [5.41, 5.74) is 9.09. The van der Waals surface area contributed by atoms with E-state index in [1.807, 2.05) is 18.2 Å². The van der Waals surface area contributed by atoms with E-state index in [-0.39, 0.29) is 18.1 Å². The van der Waals surface area contributed by atoms with Crippen LogP contribution >= 0.6 is 0 Å². The Labute approximate surface area is 119 Å². The van der Waals surface area contributed by atoms with Crippen molar-refractivity contribution in [2.75, 3.05) is 12.3 Å². The molecule has 3 rings (SSSR count). The number of fused-ring (bicyclic) bond motifs is 1. The maximum atomic E-state index is 12.0. The van der Waals surface area contributed by atoms with Crippen LogP contribution in [0, 0.1) is 0 Å². The summed E-state index contributed by atoms with van der Waals surface area (Å²) in [4.78, 5) is 12.0. The number of carbonyl (C=O) groups excluding carboxylic acids is 1. The predicted octanol–water partition coefficient (Wildman–Crippen LogP) is 2.33. The van der Waals surface area contributed by atoms with Crippen LogP contribution in [0.4, 0.5) is 5.69 Å². The number of rotatable bonds is 4. The molecule has 20 heavy (non-hydrogen) atoms. The van der Waals surface area contributed by atoms with E-state index in [9.17, 15) is 4.79 Å². The van der Waals surface area contributed by atoms with Gasteiger partial charge in [-0.25, -0.2) is 0 Å². The zero-order valence-corrected chi connectivity index (χ0v) is 11.7. The van der Waals surface area contributed by atoms with Crippen LogP contribution in [0.15, 0.2) is 18.2 Å². The molecule has 2 unspecified atom stereocenters. The first-order valence-corrected chi connectivity index (χ1v) is 7.51. The summed E-state index contributed by atoms with van der Waals surface area (Å²) < 4.78 is 5.55. The number of ether oxygens (including phenoxy) is 1. The number of amides is 1. The van der Waals surface area contributed by atoms with Crippen molar-refractivity contribution in [3.63, 3.8) is 0 Å². The summed E-state index contributed by atoms with van der Waals surface area (Å²) in [6, 6.07) is 6.13. The number of nitrogens with one attached hydrogen (secondary N) is 1. The van der Waals surface area contributed by atoms with E-state index >= 15 is 0 Å². The number of carbonyl (C=O) groups is 1. The molecule has 1 saturated heterocycles. The molecule has 2 atom stereocenters. The van der Waals surface area contributed by atoms with E-state index < -0.39 is 0 Å². The highest BCUT2D eigenvalue weighted by Gasteiger charge is 2.24. The highest BCUT2D eigenvalue weighted by molar-refractivity contribution is 5.76. The van der Waals surface area contributed by atoms with Crippen molar-refractivity contribution < 1.29 is 9.53 Å². The van der Waals surface area contributed by atoms with Crippen LogP contribution in [0.25, 0.3) is 0 Å². The monoisotopic (exact) mass is 274 g/mol. The third-order valence-electron chi connectivity index (χ3n) is 4.30. The molecule has 0 spiro atoms. The lowest BCUT2D eigenvalue weighted by Crippen LogP contribution is -2.27. The first kappa shape index (κ1) is 13.4. The van der Waals surface area contributed by atoms with Crippen LogP contribution in [0.2, 0.25) is 0 Å². The second-order valence-electron chi connectivity index (χ2n) is 5.79. The molecule has 1 fully saturated rings. The molecule has 2 aliphatic rings. The summed E-state index contributed by atoms with van der Waals surface area (Å²) in [5, 5.41) is 3.14. The lowest BCUT2D eigenvalue weighted by molar-refractivity contribution is -0.122. The second kappa shape index (κ2) is 5.83. The molecule has 0 saturated carbocycles. The molecule has 1 aliphatic heterocycles. The molecule has 1 aliphatic carbocycles. The van der Waals surface area contributed by atoms with Crippen molar-refractivity contribution in [2.24, 2.45) is 0 Å². The zero-order chi connectivity index (χ0) is 13.9. The molecule has 108 valence electrons. The summed E-state index contributed by atoms with van der Waals surface area (Å²) in [6.45, 7) is 0.851. The topological polar surface area (TPSA) is 64.3 Å². The van der Waals surface area contributed by atoms with Crippen LogP contribution < -0.4 is 11.1 Å². The van der Waals surface area contributed by atoms with Gasteiger partial charge in [0.1, 0.15) is 0 Å². The lowest BCUT2D eigenvalue weighted by atomic mass is 10.1. The smallest absolute Gasteiger partial charge is 0.220 e. The maximum absolute atomic E-state index is 12.0. The van der Waals surface area contributed by atoms with E-state index in [4.69, 9.17) is 10.5 Å². The zero-order valence-electron chi connectivity index (χ0n) is 11.7. The minimum Gasteiger partial charge on any atom is -0.399 e. The van der Waals surface area contributed by atoms with Crippen molar-refractivity contribution >= 4 is 11.6 Å². The molecule has 4 nitrogen and oxygen atoms in total. The molecular weight excluding hydrogens is 252 g/mol. The fourth-order valence-corrected chi connectivity index (χ4v) is 3.22. The summed E-state index contributed by atoms with van der Waals surface area (Å²) in [6.07, 6.45) is 5.89. The van der Waals surface area contributed by atoms with Gasteiger partial charge in [0.15, 0.2) is 0 Å². The molecule has 4 heteroatoms. The van der Waals surface area contributed by atoms with Gasteiger partial charge < -0.3 is 15.8 Å². The molecule has 1 aromatic rings. The Morgan fingerprint density at radius 2 is 2.30 bits per heavy atom. The molecule has 3 N–H and O–H groups in total. The van der Waals surface area contributed by atoms with Gasteiger partial charge in [-0.3, -0.25) is 4.79 Å². The highest BCUT2D eigenvalue weighted by atomic mass is 16.5. The van der Waals surface area contributed by atoms with Crippen LogP contribution in [-0.2, 0) is 16.0 Å². The first-order chi connectivity index (χ1) is 9.72. The van der Waals surface area contributed by atoms with Crippen molar-refractivity contribution in [1.82, 2.24) is 5.32 Å². The Morgan fingerprint density at radius 1 is 1.40 bits per heavy atom. The first-order valence-electron chi connectivity index (χ1n) is 7.51. The average molecular weight is 274 g/mol. The summed E-state index contributed by atoms with van der Waals surface area (Å²) in [7, 11) is 0. The van der Waals surface area contributed by atoms with Gasteiger partial charge in [-0.05, 0) is 55.4 Å². The Kier molecular flexibility index (Phi) is 3.92. The van der Waals surface area contributed by atoms with Crippen LogP contribution in [-0.4, -0.2) is 18.6 Å². The molecule has 1 heterocycles. The van der Waals surface area contributed by atoms with Gasteiger partial charge in [0, 0.05) is 18.7 Å². The Bertz CT molecular complexity index is 495. The number of anilines is 1. The number of nitrogens with two attached hydrogens (primary N) is 1.